The number of nitrogens with one attached hydrogen (secondary N) is 3. The number of hydrogen-bond donors (Lipinski definition) is 3. The van der Waals surface area contributed by atoms with Crippen LogP contribution in [0.2, 0.25) is 0 Å². The van der Waals surface area contributed by atoms with Gasteiger partial charge in [0.2, 0.25) is 0 Å². The van der Waals surface area contributed by atoms with Crippen molar-refractivity contribution in [3.63, 3.8) is 0 Å². The minimum atomic E-state index is -0.768. The summed E-state index contributed by atoms with van der Waals surface area (Å²) in [6.07, 6.45) is 0.168. The van der Waals surface area contributed by atoms with Gasteiger partial charge in [-0.25, -0.2) is 0 Å². The first-order valence-electron chi connectivity index (χ1n) is 9.04. The number of thiophene rings is 1. The maximum Gasteiger partial charge on any atom is 0.265 e. The second-order valence-electron chi connectivity index (χ2n) is 6.95. The molecule has 2 atom stereocenters. The number of rotatable bonds is 4. The van der Waals surface area contributed by atoms with Gasteiger partial charge in [0.25, 0.3) is 11.6 Å². The highest BCUT2D eigenvalue weighted by Crippen LogP contribution is 2.41. The van der Waals surface area contributed by atoms with Crippen LogP contribution in [0.3, 0.4) is 0 Å². The Balaban J connectivity index is 1.72. The lowest BCUT2D eigenvalue weighted by molar-refractivity contribution is -0.895. The molecule has 0 aliphatic carbocycles. The second kappa shape index (κ2) is 6.95. The van der Waals surface area contributed by atoms with E-state index < -0.39 is 22.5 Å². The Morgan fingerprint density at radius 1 is 1.39 bits per heavy atom. The van der Waals surface area contributed by atoms with Crippen molar-refractivity contribution in [2.45, 2.75) is 26.1 Å². The molecule has 148 valence electrons. The Morgan fingerprint density at radius 3 is 2.89 bits per heavy atom. The van der Waals surface area contributed by atoms with Gasteiger partial charge in [-0.15, -0.1) is 11.3 Å². The van der Waals surface area contributed by atoms with E-state index in [0.29, 0.717) is 11.1 Å². The molecule has 0 saturated carbocycles. The molecule has 2 aromatic rings. The van der Waals surface area contributed by atoms with Crippen LogP contribution in [0.5, 0.6) is 11.5 Å². The van der Waals surface area contributed by atoms with Gasteiger partial charge < -0.3 is 25.4 Å². The van der Waals surface area contributed by atoms with E-state index in [0.717, 1.165) is 30.1 Å². The standard InChI is InChI=1S/C18H20N4O5S/c1-3-27-12-7-9(6-11(15(12)23)22(25)26)16-19-17(24)14-10-4-5-21(2)8-13(10)28-18(14)20-16/h6-7,16,20,23H,3-5,8H2,1-2H3,(H,19,24)/t16-/m1/s1. The van der Waals surface area contributed by atoms with Gasteiger partial charge in [0.05, 0.1) is 35.6 Å². The molecule has 0 spiro atoms. The number of nitro benzene ring substituents is 1. The predicted molar refractivity (Wildman–Crippen MR) is 101 cm³/mol. The van der Waals surface area contributed by atoms with Crippen molar-refractivity contribution in [2.75, 3.05) is 25.5 Å². The maximum atomic E-state index is 12.8. The van der Waals surface area contributed by atoms with E-state index in [1.54, 1.807) is 18.3 Å². The third-order valence-corrected chi connectivity index (χ3v) is 6.18. The fourth-order valence-electron chi connectivity index (χ4n) is 3.67. The number of amides is 1. The van der Waals surface area contributed by atoms with Crippen LogP contribution >= 0.6 is 11.3 Å². The molecule has 1 unspecified atom stereocenters. The normalized spacial score (nSPS) is 20.6. The van der Waals surface area contributed by atoms with Crippen molar-refractivity contribution < 1.29 is 24.5 Å². The number of fused-ring (bicyclic) bond motifs is 3. The lowest BCUT2D eigenvalue weighted by Gasteiger charge is -2.28. The Morgan fingerprint density at radius 2 is 2.18 bits per heavy atom. The quantitative estimate of drug-likeness (QED) is 0.506. The summed E-state index contributed by atoms with van der Waals surface area (Å²) in [6.45, 7) is 3.75. The number of likely N-dealkylation sites (N-methyl/N-ethyl adjacent to an activating group) is 1. The van der Waals surface area contributed by atoms with Crippen molar-refractivity contribution in [1.82, 2.24) is 5.32 Å². The molecule has 0 radical (unpaired) electrons. The SMILES string of the molecule is CCOc1cc([C@@H]2NC(=O)c3c(sc4c3CC[NH+](C)C4)N2)cc([N+](=O)[O-])c1[O-]. The van der Waals surface area contributed by atoms with Crippen LogP contribution in [0, 0.1) is 10.1 Å². The summed E-state index contributed by atoms with van der Waals surface area (Å²) < 4.78 is 5.28. The molecule has 0 saturated heterocycles. The zero-order valence-electron chi connectivity index (χ0n) is 15.5. The first-order chi connectivity index (χ1) is 13.4. The molecule has 3 N–H and O–H groups in total. The van der Waals surface area contributed by atoms with Gasteiger partial charge in [-0.05, 0) is 18.6 Å². The Hall–Kier alpha value is -2.85. The minimum absolute atomic E-state index is 0.0933. The van der Waals surface area contributed by atoms with Crippen LogP contribution in [0.15, 0.2) is 12.1 Å². The highest BCUT2D eigenvalue weighted by Gasteiger charge is 2.34. The van der Waals surface area contributed by atoms with E-state index >= 15 is 0 Å². The van der Waals surface area contributed by atoms with Gasteiger partial charge >= 0.3 is 0 Å². The van der Waals surface area contributed by atoms with Crippen molar-refractivity contribution in [3.05, 3.63) is 43.8 Å². The number of nitrogens with zero attached hydrogens (tertiary/aromatic N) is 1. The molecule has 10 heteroatoms. The van der Waals surface area contributed by atoms with Gasteiger partial charge in [-0.2, -0.15) is 0 Å². The summed E-state index contributed by atoms with van der Waals surface area (Å²) in [4.78, 5) is 25.9. The van der Waals surface area contributed by atoms with Crippen molar-refractivity contribution >= 4 is 27.9 Å². The van der Waals surface area contributed by atoms with Gasteiger partial charge in [-0.3, -0.25) is 14.9 Å². The van der Waals surface area contributed by atoms with Crippen LogP contribution in [0.1, 0.15) is 39.5 Å². The number of nitro groups is 1. The summed E-state index contributed by atoms with van der Waals surface area (Å²) in [5.74, 6) is -1.07. The molecular formula is C18H20N4O5S. The van der Waals surface area contributed by atoms with Crippen molar-refractivity contribution in [3.8, 4) is 11.5 Å². The molecule has 2 aliphatic heterocycles. The van der Waals surface area contributed by atoms with E-state index in [-0.39, 0.29) is 18.3 Å². The summed E-state index contributed by atoms with van der Waals surface area (Å²) in [5.41, 5.74) is 1.59. The fourth-order valence-corrected chi connectivity index (χ4v) is 5.06. The van der Waals surface area contributed by atoms with E-state index in [1.165, 1.54) is 21.9 Å². The van der Waals surface area contributed by atoms with E-state index in [9.17, 15) is 20.0 Å². The zero-order chi connectivity index (χ0) is 20.0. The number of anilines is 1. The highest BCUT2D eigenvalue weighted by atomic mass is 32.1. The molecule has 1 aromatic heterocycles. The third kappa shape index (κ3) is 3.04. The summed E-state index contributed by atoms with van der Waals surface area (Å²) in [7, 11) is 2.12. The molecule has 2 aliphatic rings. The molecule has 1 aromatic carbocycles. The average molecular weight is 404 g/mol. The topological polar surface area (TPSA) is 121 Å². The molecule has 1 amide bonds. The van der Waals surface area contributed by atoms with Crippen LogP contribution in [0.4, 0.5) is 10.7 Å². The lowest BCUT2D eigenvalue weighted by atomic mass is 10.0. The van der Waals surface area contributed by atoms with Crippen LogP contribution in [-0.2, 0) is 13.0 Å². The van der Waals surface area contributed by atoms with Gasteiger partial charge in [-0.1, -0.05) is 0 Å². The Bertz CT molecular complexity index is 973. The molecule has 0 fully saturated rings. The van der Waals surface area contributed by atoms with Crippen molar-refractivity contribution in [1.29, 1.82) is 0 Å². The molecule has 9 nitrogen and oxygen atoms in total. The number of carbonyl (C=O) groups is 1. The predicted octanol–water partition coefficient (Wildman–Crippen LogP) is 0.553. The van der Waals surface area contributed by atoms with E-state index in [4.69, 9.17) is 4.74 Å². The number of carbonyl (C=O) groups excluding carboxylic acids is 1. The first kappa shape index (κ1) is 18.5. The molecule has 3 heterocycles. The van der Waals surface area contributed by atoms with E-state index in [1.807, 2.05) is 0 Å². The monoisotopic (exact) mass is 404 g/mol. The Kier molecular flexibility index (Phi) is 4.60. The largest absolute Gasteiger partial charge is 0.865 e. The third-order valence-electron chi connectivity index (χ3n) is 5.02. The molecule has 28 heavy (non-hydrogen) atoms. The average Bonchev–Trinajstić information content (AvgIpc) is 3.01. The van der Waals surface area contributed by atoms with Crippen LogP contribution < -0.4 is 25.4 Å². The number of ether oxygens (including phenoxy) is 1. The molecule has 4 rings (SSSR count). The van der Waals surface area contributed by atoms with Crippen molar-refractivity contribution in [2.24, 2.45) is 0 Å². The van der Waals surface area contributed by atoms with Gasteiger partial charge in [0.15, 0.2) is 0 Å². The summed E-state index contributed by atoms with van der Waals surface area (Å²) >= 11 is 1.55. The Labute approximate surface area is 165 Å². The smallest absolute Gasteiger partial charge is 0.265 e. The highest BCUT2D eigenvalue weighted by molar-refractivity contribution is 7.16. The number of benzene rings is 1. The molecule has 0 bridgehead atoms. The molecular weight excluding hydrogens is 384 g/mol. The maximum absolute atomic E-state index is 12.8. The van der Waals surface area contributed by atoms with E-state index in [2.05, 4.69) is 17.7 Å². The summed E-state index contributed by atoms with van der Waals surface area (Å²) in [5, 5.41) is 30.4. The van der Waals surface area contributed by atoms with Crippen LogP contribution in [0.25, 0.3) is 0 Å². The minimum Gasteiger partial charge on any atom is -0.865 e. The first-order valence-corrected chi connectivity index (χ1v) is 9.86. The van der Waals surface area contributed by atoms with Crippen LogP contribution in [-0.4, -0.2) is 31.0 Å². The van der Waals surface area contributed by atoms with Gasteiger partial charge in [0, 0.05) is 23.8 Å². The lowest BCUT2D eigenvalue weighted by Crippen LogP contribution is -3.08. The number of quaternary nitrogens is 1. The second-order valence-corrected chi connectivity index (χ2v) is 8.06. The van der Waals surface area contributed by atoms with Gasteiger partial charge in [0.1, 0.15) is 23.5 Å². The summed E-state index contributed by atoms with van der Waals surface area (Å²) in [6, 6.07) is 2.65. The fraction of sp³-hybridized carbons (Fsp3) is 0.389. The zero-order valence-corrected chi connectivity index (χ0v) is 16.3. The number of hydrogen-bond acceptors (Lipinski definition) is 7.